The maximum Gasteiger partial charge on any atom is 0.325 e. The van der Waals surface area contributed by atoms with E-state index in [1.807, 2.05) is 13.0 Å². The number of nitrogens with zero attached hydrogens (tertiary/aromatic N) is 2. The Labute approximate surface area is 112 Å². The Hall–Kier alpha value is -1.91. The van der Waals surface area contributed by atoms with Crippen LogP contribution in [-0.4, -0.2) is 41.0 Å². The zero-order chi connectivity index (χ0) is 13.8. The molecule has 2 rings (SSSR count). The molecule has 102 valence electrons. The second kappa shape index (κ2) is 5.82. The number of carbonyl (C=O) groups excluding carboxylic acids is 2. The number of esters is 1. The van der Waals surface area contributed by atoms with Crippen molar-refractivity contribution in [3.63, 3.8) is 0 Å². The monoisotopic (exact) mass is 262 g/mol. The lowest BCUT2D eigenvalue weighted by atomic mass is 10.2. The lowest BCUT2D eigenvalue weighted by Gasteiger charge is -2.21. The Morgan fingerprint density at radius 1 is 1.47 bits per heavy atom. The molecule has 5 nitrogen and oxygen atoms in total. The smallest absolute Gasteiger partial charge is 0.325 e. The summed E-state index contributed by atoms with van der Waals surface area (Å²) in [6, 6.07) is 3.78. The van der Waals surface area contributed by atoms with E-state index in [2.05, 4.69) is 4.98 Å². The van der Waals surface area contributed by atoms with Crippen molar-refractivity contribution in [3.8, 4) is 0 Å². The molecule has 0 unspecified atom stereocenters. The number of rotatable bonds is 5. The van der Waals surface area contributed by atoms with Gasteiger partial charge in [-0.05, 0) is 38.3 Å². The molecular weight excluding hydrogens is 244 g/mol. The first-order chi connectivity index (χ1) is 9.13. The van der Waals surface area contributed by atoms with Crippen LogP contribution in [-0.2, 0) is 9.53 Å². The van der Waals surface area contributed by atoms with Crippen molar-refractivity contribution in [2.45, 2.75) is 32.7 Å². The van der Waals surface area contributed by atoms with Crippen molar-refractivity contribution in [1.29, 1.82) is 0 Å². The highest BCUT2D eigenvalue weighted by molar-refractivity contribution is 5.95. The van der Waals surface area contributed by atoms with Crippen LogP contribution in [0, 0.1) is 6.92 Å². The van der Waals surface area contributed by atoms with E-state index in [4.69, 9.17) is 4.74 Å². The number of hydrogen-bond donors (Lipinski definition) is 0. The Bertz CT molecular complexity index is 483. The molecule has 0 atom stereocenters. The van der Waals surface area contributed by atoms with Gasteiger partial charge in [-0.15, -0.1) is 0 Å². The molecule has 0 saturated heterocycles. The molecule has 0 aromatic carbocycles. The summed E-state index contributed by atoms with van der Waals surface area (Å²) in [5.41, 5.74) is 1.24. The third-order valence-electron chi connectivity index (χ3n) is 3.07. The van der Waals surface area contributed by atoms with Crippen LogP contribution >= 0.6 is 0 Å². The number of aromatic nitrogens is 1. The fourth-order valence-corrected chi connectivity index (χ4v) is 1.94. The SMILES string of the molecule is CCOC(=O)CN(C(=O)c1ncccc1C)C1CC1. The first-order valence-corrected chi connectivity index (χ1v) is 6.51. The molecule has 1 aromatic heterocycles. The minimum Gasteiger partial charge on any atom is -0.465 e. The van der Waals surface area contributed by atoms with Crippen LogP contribution in [0.2, 0.25) is 0 Å². The van der Waals surface area contributed by atoms with Crippen LogP contribution in [0.1, 0.15) is 35.8 Å². The maximum absolute atomic E-state index is 12.4. The molecule has 0 bridgehead atoms. The molecule has 1 amide bonds. The molecule has 1 fully saturated rings. The zero-order valence-electron chi connectivity index (χ0n) is 11.3. The van der Waals surface area contributed by atoms with Crippen LogP contribution in [0.3, 0.4) is 0 Å². The lowest BCUT2D eigenvalue weighted by molar-refractivity contribution is -0.144. The molecule has 0 aliphatic heterocycles. The van der Waals surface area contributed by atoms with E-state index in [9.17, 15) is 9.59 Å². The molecule has 19 heavy (non-hydrogen) atoms. The van der Waals surface area contributed by atoms with Crippen LogP contribution in [0.4, 0.5) is 0 Å². The van der Waals surface area contributed by atoms with Crippen molar-refractivity contribution in [2.24, 2.45) is 0 Å². The van der Waals surface area contributed by atoms with Gasteiger partial charge in [0.2, 0.25) is 0 Å². The minimum atomic E-state index is -0.365. The van der Waals surface area contributed by atoms with Gasteiger partial charge < -0.3 is 9.64 Å². The third kappa shape index (κ3) is 3.30. The van der Waals surface area contributed by atoms with E-state index in [1.54, 1.807) is 24.1 Å². The van der Waals surface area contributed by atoms with Gasteiger partial charge in [0.15, 0.2) is 0 Å². The normalized spacial score (nSPS) is 14.0. The number of carbonyl (C=O) groups is 2. The standard InChI is InChI=1S/C14H18N2O3/c1-3-19-12(17)9-16(11-6-7-11)14(18)13-10(2)5-4-8-15-13/h4-5,8,11H,3,6-7,9H2,1-2H3. The number of hydrogen-bond acceptors (Lipinski definition) is 4. The van der Waals surface area contributed by atoms with Gasteiger partial charge in [-0.25, -0.2) is 0 Å². The molecule has 1 aliphatic carbocycles. The van der Waals surface area contributed by atoms with Crippen molar-refractivity contribution >= 4 is 11.9 Å². The highest BCUT2D eigenvalue weighted by atomic mass is 16.5. The highest BCUT2D eigenvalue weighted by Gasteiger charge is 2.35. The number of ether oxygens (including phenoxy) is 1. The van der Waals surface area contributed by atoms with E-state index in [1.165, 1.54) is 0 Å². The quantitative estimate of drug-likeness (QED) is 0.755. The molecule has 1 saturated carbocycles. The number of aryl methyl sites for hydroxylation is 1. The van der Waals surface area contributed by atoms with Gasteiger partial charge in [-0.1, -0.05) is 6.07 Å². The largest absolute Gasteiger partial charge is 0.465 e. The van der Waals surface area contributed by atoms with Crippen molar-refractivity contribution in [1.82, 2.24) is 9.88 Å². The van der Waals surface area contributed by atoms with Gasteiger partial charge in [-0.2, -0.15) is 0 Å². The van der Waals surface area contributed by atoms with E-state index < -0.39 is 0 Å². The summed E-state index contributed by atoms with van der Waals surface area (Å²) in [4.78, 5) is 29.7. The van der Waals surface area contributed by atoms with E-state index in [0.29, 0.717) is 12.3 Å². The maximum atomic E-state index is 12.4. The zero-order valence-corrected chi connectivity index (χ0v) is 11.3. The number of amides is 1. The van der Waals surface area contributed by atoms with E-state index >= 15 is 0 Å². The minimum absolute atomic E-state index is 0.00730. The summed E-state index contributed by atoms with van der Waals surface area (Å²) >= 11 is 0. The molecule has 0 N–H and O–H groups in total. The fraction of sp³-hybridized carbons (Fsp3) is 0.500. The summed E-state index contributed by atoms with van der Waals surface area (Å²) in [7, 11) is 0. The van der Waals surface area contributed by atoms with Gasteiger partial charge in [0.25, 0.3) is 5.91 Å². The lowest BCUT2D eigenvalue weighted by Crippen LogP contribution is -2.39. The first-order valence-electron chi connectivity index (χ1n) is 6.51. The van der Waals surface area contributed by atoms with Crippen molar-refractivity contribution < 1.29 is 14.3 Å². The molecule has 0 spiro atoms. The molecule has 1 aliphatic rings. The Morgan fingerprint density at radius 2 is 2.21 bits per heavy atom. The Kier molecular flexibility index (Phi) is 4.14. The van der Waals surface area contributed by atoms with Crippen LogP contribution < -0.4 is 0 Å². The van der Waals surface area contributed by atoms with Gasteiger partial charge in [-0.3, -0.25) is 14.6 Å². The summed E-state index contributed by atoms with van der Waals surface area (Å²) in [6.45, 7) is 3.93. The van der Waals surface area contributed by atoms with Crippen LogP contribution in [0.25, 0.3) is 0 Å². The second-order valence-corrected chi connectivity index (χ2v) is 4.64. The average molecular weight is 262 g/mol. The van der Waals surface area contributed by atoms with Gasteiger partial charge in [0.05, 0.1) is 6.61 Å². The summed E-state index contributed by atoms with van der Waals surface area (Å²) < 4.78 is 4.91. The third-order valence-corrected chi connectivity index (χ3v) is 3.07. The van der Waals surface area contributed by atoms with Crippen LogP contribution in [0.15, 0.2) is 18.3 Å². The summed E-state index contributed by atoms with van der Waals surface area (Å²) in [6.07, 6.45) is 3.48. The average Bonchev–Trinajstić information content (AvgIpc) is 3.20. The van der Waals surface area contributed by atoms with E-state index in [0.717, 1.165) is 18.4 Å². The predicted molar refractivity (Wildman–Crippen MR) is 69.7 cm³/mol. The predicted octanol–water partition coefficient (Wildman–Crippen LogP) is 1.56. The summed E-state index contributed by atoms with van der Waals surface area (Å²) in [5, 5.41) is 0. The van der Waals surface area contributed by atoms with Gasteiger partial charge >= 0.3 is 5.97 Å². The molecule has 5 heteroatoms. The fourth-order valence-electron chi connectivity index (χ4n) is 1.94. The molecule has 0 radical (unpaired) electrons. The molecule has 1 heterocycles. The first kappa shape index (κ1) is 13.5. The Morgan fingerprint density at radius 3 is 2.79 bits per heavy atom. The topological polar surface area (TPSA) is 59.5 Å². The Balaban J connectivity index is 2.13. The van der Waals surface area contributed by atoms with Crippen molar-refractivity contribution in [2.75, 3.05) is 13.2 Å². The van der Waals surface area contributed by atoms with Crippen molar-refractivity contribution in [3.05, 3.63) is 29.6 Å². The van der Waals surface area contributed by atoms with Crippen LogP contribution in [0.5, 0.6) is 0 Å². The second-order valence-electron chi connectivity index (χ2n) is 4.64. The highest BCUT2D eigenvalue weighted by Crippen LogP contribution is 2.28. The molecule has 1 aromatic rings. The number of pyridine rings is 1. The summed E-state index contributed by atoms with van der Waals surface area (Å²) in [5.74, 6) is -0.551. The van der Waals surface area contributed by atoms with Gasteiger partial charge in [0, 0.05) is 12.2 Å². The van der Waals surface area contributed by atoms with Gasteiger partial charge in [0.1, 0.15) is 12.2 Å². The van der Waals surface area contributed by atoms with E-state index in [-0.39, 0.29) is 24.5 Å². The molecular formula is C14H18N2O3.